The maximum Gasteiger partial charge on any atom is 0.336 e. The summed E-state index contributed by atoms with van der Waals surface area (Å²) in [5, 5.41) is 9.08. The molecular formula is C13H16INO4S2. The Bertz CT molecular complexity index is 651. The van der Waals surface area contributed by atoms with Crippen molar-refractivity contribution in [2.24, 2.45) is 0 Å². The maximum atomic E-state index is 12.3. The average Bonchev–Trinajstić information content (AvgIpc) is 2.37. The molecule has 1 aromatic carbocycles. The lowest BCUT2D eigenvalue weighted by Gasteiger charge is -2.40. The fraction of sp³-hybridized carbons (Fsp3) is 0.462. The van der Waals surface area contributed by atoms with E-state index in [0.717, 1.165) is 19.3 Å². The van der Waals surface area contributed by atoms with Crippen molar-refractivity contribution in [2.75, 3.05) is 12.8 Å². The number of benzene rings is 1. The highest BCUT2D eigenvalue weighted by Crippen LogP contribution is 2.42. The molecule has 0 spiro atoms. The van der Waals surface area contributed by atoms with Gasteiger partial charge < -0.3 is 5.11 Å². The van der Waals surface area contributed by atoms with Gasteiger partial charge in [0.1, 0.15) is 0 Å². The number of halogens is 1. The molecule has 0 atom stereocenters. The number of aromatic carboxylic acids is 1. The number of rotatable bonds is 6. The van der Waals surface area contributed by atoms with Crippen molar-refractivity contribution < 1.29 is 18.3 Å². The molecule has 1 aliphatic rings. The van der Waals surface area contributed by atoms with Crippen molar-refractivity contribution in [1.82, 2.24) is 4.72 Å². The Morgan fingerprint density at radius 1 is 1.48 bits per heavy atom. The molecule has 1 fully saturated rings. The van der Waals surface area contributed by atoms with Gasteiger partial charge in [0.2, 0.25) is 10.0 Å². The van der Waals surface area contributed by atoms with E-state index in [-0.39, 0.29) is 15.2 Å². The van der Waals surface area contributed by atoms with E-state index in [2.05, 4.69) is 4.72 Å². The Labute approximate surface area is 142 Å². The Kier molecular flexibility index (Phi) is 5.22. The van der Waals surface area contributed by atoms with Crippen LogP contribution in [0.1, 0.15) is 29.6 Å². The highest BCUT2D eigenvalue weighted by Gasteiger charge is 2.37. The zero-order chi connectivity index (χ0) is 15.7. The standard InChI is InChI=1S/C13H16INO4S2/c1-20-13(5-2-6-13)8-15-21(18,19)9-3-4-11(14)10(7-9)12(16)17/h3-4,7,15H,2,5-6,8H2,1H3,(H,16,17). The van der Waals surface area contributed by atoms with Crippen molar-refractivity contribution in [3.8, 4) is 0 Å². The van der Waals surface area contributed by atoms with E-state index in [1.807, 2.05) is 28.8 Å². The third-order valence-corrected chi connectivity index (χ3v) is 7.52. The number of carboxylic acid groups (broad SMARTS) is 1. The van der Waals surface area contributed by atoms with E-state index < -0.39 is 16.0 Å². The van der Waals surface area contributed by atoms with Crippen molar-refractivity contribution in [2.45, 2.75) is 28.9 Å². The number of nitrogens with one attached hydrogen (secondary N) is 1. The summed E-state index contributed by atoms with van der Waals surface area (Å²) in [6.07, 6.45) is 5.11. The molecule has 0 aliphatic heterocycles. The van der Waals surface area contributed by atoms with Crippen LogP contribution in [0.5, 0.6) is 0 Å². The van der Waals surface area contributed by atoms with E-state index in [1.165, 1.54) is 18.2 Å². The van der Waals surface area contributed by atoms with Crippen LogP contribution in [0.2, 0.25) is 0 Å². The van der Waals surface area contributed by atoms with Crippen molar-refractivity contribution in [1.29, 1.82) is 0 Å². The quantitative estimate of drug-likeness (QED) is 0.664. The molecule has 0 amide bonds. The highest BCUT2D eigenvalue weighted by atomic mass is 127. The molecule has 0 radical (unpaired) electrons. The van der Waals surface area contributed by atoms with Crippen LogP contribution in [0.15, 0.2) is 23.1 Å². The number of hydrogen-bond donors (Lipinski definition) is 2. The summed E-state index contributed by atoms with van der Waals surface area (Å²) in [5.74, 6) is -1.13. The lowest BCUT2D eigenvalue weighted by Crippen LogP contribution is -2.45. The molecule has 21 heavy (non-hydrogen) atoms. The molecule has 0 bridgehead atoms. The van der Waals surface area contributed by atoms with Gasteiger partial charge in [-0.05, 0) is 59.9 Å². The minimum absolute atomic E-state index is 0.00157. The molecule has 0 saturated heterocycles. The molecule has 2 N–H and O–H groups in total. The Morgan fingerprint density at radius 2 is 2.14 bits per heavy atom. The molecule has 1 saturated carbocycles. The molecule has 1 aliphatic carbocycles. The molecule has 116 valence electrons. The van der Waals surface area contributed by atoms with Crippen LogP contribution in [0, 0.1) is 3.57 Å². The van der Waals surface area contributed by atoms with E-state index in [0.29, 0.717) is 10.1 Å². The van der Waals surface area contributed by atoms with E-state index in [4.69, 9.17) is 5.11 Å². The monoisotopic (exact) mass is 441 g/mol. The second-order valence-corrected chi connectivity index (χ2v) is 9.22. The van der Waals surface area contributed by atoms with Crippen LogP contribution in [0.4, 0.5) is 0 Å². The Balaban J connectivity index is 2.20. The summed E-state index contributed by atoms with van der Waals surface area (Å²) in [4.78, 5) is 11.1. The SMILES string of the molecule is CSC1(CNS(=O)(=O)c2ccc(I)c(C(=O)O)c2)CCC1. The third kappa shape index (κ3) is 3.72. The van der Waals surface area contributed by atoms with Gasteiger partial charge in [-0.2, -0.15) is 11.8 Å². The number of carbonyl (C=O) groups is 1. The highest BCUT2D eigenvalue weighted by molar-refractivity contribution is 14.1. The smallest absolute Gasteiger partial charge is 0.336 e. The van der Waals surface area contributed by atoms with Crippen molar-refractivity contribution in [3.05, 3.63) is 27.3 Å². The van der Waals surface area contributed by atoms with Gasteiger partial charge in [0.05, 0.1) is 10.5 Å². The third-order valence-electron chi connectivity index (χ3n) is 3.76. The zero-order valence-corrected chi connectivity index (χ0v) is 15.2. The predicted octanol–water partition coefficient (Wildman–Crippen LogP) is 2.55. The topological polar surface area (TPSA) is 83.5 Å². The van der Waals surface area contributed by atoms with Gasteiger partial charge in [-0.1, -0.05) is 6.42 Å². The molecule has 5 nitrogen and oxygen atoms in total. The van der Waals surface area contributed by atoms with Gasteiger partial charge in [-0.15, -0.1) is 0 Å². The molecule has 2 rings (SSSR count). The van der Waals surface area contributed by atoms with Gasteiger partial charge >= 0.3 is 5.97 Å². The fourth-order valence-corrected chi connectivity index (χ4v) is 4.89. The first-order valence-corrected chi connectivity index (χ1v) is 10.2. The summed E-state index contributed by atoms with van der Waals surface area (Å²) in [5.41, 5.74) is 0.00157. The maximum absolute atomic E-state index is 12.3. The number of thioether (sulfide) groups is 1. The Morgan fingerprint density at radius 3 is 2.62 bits per heavy atom. The first-order chi connectivity index (χ1) is 9.80. The lowest BCUT2D eigenvalue weighted by atomic mass is 9.84. The molecular weight excluding hydrogens is 425 g/mol. The summed E-state index contributed by atoms with van der Waals surface area (Å²) in [6.45, 7) is 0.380. The van der Waals surface area contributed by atoms with E-state index in [1.54, 1.807) is 11.8 Å². The molecule has 8 heteroatoms. The van der Waals surface area contributed by atoms with Gasteiger partial charge in [0, 0.05) is 14.9 Å². The van der Waals surface area contributed by atoms with Crippen LogP contribution in [-0.4, -0.2) is 37.0 Å². The van der Waals surface area contributed by atoms with Gasteiger partial charge in [-0.25, -0.2) is 17.9 Å². The van der Waals surface area contributed by atoms with Crippen LogP contribution >= 0.6 is 34.4 Å². The molecule has 0 unspecified atom stereocenters. The van der Waals surface area contributed by atoms with Crippen molar-refractivity contribution in [3.63, 3.8) is 0 Å². The second-order valence-electron chi connectivity index (χ2n) is 5.01. The predicted molar refractivity (Wildman–Crippen MR) is 91.4 cm³/mol. The largest absolute Gasteiger partial charge is 0.478 e. The van der Waals surface area contributed by atoms with Crippen LogP contribution in [0.25, 0.3) is 0 Å². The summed E-state index contributed by atoms with van der Waals surface area (Å²) >= 11 is 3.56. The number of hydrogen-bond acceptors (Lipinski definition) is 4. The zero-order valence-electron chi connectivity index (χ0n) is 11.4. The summed E-state index contributed by atoms with van der Waals surface area (Å²) in [6, 6.07) is 4.15. The molecule has 1 aromatic rings. The van der Waals surface area contributed by atoms with Crippen LogP contribution in [0.3, 0.4) is 0 Å². The fourth-order valence-electron chi connectivity index (χ4n) is 2.17. The van der Waals surface area contributed by atoms with Gasteiger partial charge in [0.15, 0.2) is 0 Å². The average molecular weight is 441 g/mol. The van der Waals surface area contributed by atoms with Gasteiger partial charge in [0.25, 0.3) is 0 Å². The second kappa shape index (κ2) is 6.43. The van der Waals surface area contributed by atoms with Crippen LogP contribution in [-0.2, 0) is 10.0 Å². The first kappa shape index (κ1) is 17.0. The van der Waals surface area contributed by atoms with Gasteiger partial charge in [-0.3, -0.25) is 0 Å². The van der Waals surface area contributed by atoms with Crippen molar-refractivity contribution >= 4 is 50.3 Å². The van der Waals surface area contributed by atoms with E-state index >= 15 is 0 Å². The van der Waals surface area contributed by atoms with E-state index in [9.17, 15) is 13.2 Å². The lowest BCUT2D eigenvalue weighted by molar-refractivity contribution is 0.0695. The number of sulfonamides is 1. The first-order valence-electron chi connectivity index (χ1n) is 6.37. The minimum atomic E-state index is -3.68. The summed E-state index contributed by atoms with van der Waals surface area (Å²) in [7, 11) is -3.68. The normalized spacial score (nSPS) is 17.2. The molecule has 0 aromatic heterocycles. The Hall–Kier alpha value is -0.320. The summed E-state index contributed by atoms with van der Waals surface area (Å²) < 4.78 is 27.7. The van der Waals surface area contributed by atoms with Crippen LogP contribution < -0.4 is 4.72 Å². The number of carboxylic acids is 1. The molecule has 0 heterocycles. The minimum Gasteiger partial charge on any atom is -0.478 e.